The molecule has 1 aliphatic carbocycles. The zero-order chi connectivity index (χ0) is 15.6. The fraction of sp³-hybridized carbons (Fsp3) is 0.529. The van der Waals surface area contributed by atoms with E-state index in [0.29, 0.717) is 15.6 Å². The van der Waals surface area contributed by atoms with Crippen LogP contribution in [0.4, 0.5) is 0 Å². The first kappa shape index (κ1) is 16.3. The molecule has 0 bridgehead atoms. The molecule has 1 aromatic rings. The molecule has 2 atom stereocenters. The van der Waals surface area contributed by atoms with Gasteiger partial charge in [0.2, 0.25) is 0 Å². The third-order valence-electron chi connectivity index (χ3n) is 4.54. The van der Waals surface area contributed by atoms with Crippen molar-refractivity contribution < 1.29 is 4.79 Å². The Labute approximate surface area is 136 Å². The zero-order valence-electron chi connectivity index (χ0n) is 12.3. The molecule has 2 nitrogen and oxygen atoms in total. The molecule has 0 heterocycles. The van der Waals surface area contributed by atoms with Crippen LogP contribution < -0.4 is 0 Å². The number of nitriles is 1. The highest BCUT2D eigenvalue weighted by Crippen LogP contribution is 2.43. The van der Waals surface area contributed by atoms with Crippen LogP contribution in [0.2, 0.25) is 10.0 Å². The van der Waals surface area contributed by atoms with Crippen LogP contribution in [-0.4, -0.2) is 5.78 Å². The van der Waals surface area contributed by atoms with E-state index in [4.69, 9.17) is 23.2 Å². The van der Waals surface area contributed by atoms with Gasteiger partial charge in [0.25, 0.3) is 0 Å². The third-order valence-corrected chi connectivity index (χ3v) is 5.10. The molecule has 1 aromatic carbocycles. The number of Topliss-reactive ketones (excluding diaryl/α,β-unsaturated/α-hetero) is 1. The van der Waals surface area contributed by atoms with Crippen LogP contribution in [0.15, 0.2) is 18.2 Å². The highest BCUT2D eigenvalue weighted by Gasteiger charge is 2.40. The van der Waals surface area contributed by atoms with Gasteiger partial charge in [-0.2, -0.15) is 5.26 Å². The van der Waals surface area contributed by atoms with E-state index >= 15 is 0 Å². The second-order valence-corrected chi connectivity index (χ2v) is 7.26. The van der Waals surface area contributed by atoms with Gasteiger partial charge in [-0.3, -0.25) is 4.79 Å². The summed E-state index contributed by atoms with van der Waals surface area (Å²) in [6, 6.07) is 7.08. The minimum Gasteiger partial charge on any atom is -0.298 e. The second kappa shape index (κ2) is 6.38. The largest absolute Gasteiger partial charge is 0.298 e. The number of benzene rings is 1. The second-order valence-electron chi connectivity index (χ2n) is 6.42. The van der Waals surface area contributed by atoms with E-state index in [2.05, 4.69) is 19.9 Å². The summed E-state index contributed by atoms with van der Waals surface area (Å²) >= 11 is 12.1. The molecular formula is C17H19Cl2NO. The maximum absolute atomic E-state index is 12.9. The van der Waals surface area contributed by atoms with Gasteiger partial charge in [0, 0.05) is 16.0 Å². The van der Waals surface area contributed by atoms with E-state index in [0.717, 1.165) is 25.7 Å². The van der Waals surface area contributed by atoms with Crippen LogP contribution in [0.3, 0.4) is 0 Å². The molecule has 0 amide bonds. The van der Waals surface area contributed by atoms with E-state index in [9.17, 15) is 10.1 Å². The van der Waals surface area contributed by atoms with Crippen molar-refractivity contribution in [3.8, 4) is 6.07 Å². The number of carbonyl (C=O) groups is 1. The number of nitrogens with zero attached hydrogens (tertiary/aromatic N) is 1. The van der Waals surface area contributed by atoms with E-state index in [1.165, 1.54) is 0 Å². The highest BCUT2D eigenvalue weighted by molar-refractivity contribution is 6.35. The van der Waals surface area contributed by atoms with Crippen LogP contribution in [0, 0.1) is 22.7 Å². The predicted molar refractivity (Wildman–Crippen MR) is 85.6 cm³/mol. The fourth-order valence-corrected chi connectivity index (χ4v) is 3.76. The van der Waals surface area contributed by atoms with Gasteiger partial charge < -0.3 is 0 Å². The van der Waals surface area contributed by atoms with Crippen molar-refractivity contribution in [3.05, 3.63) is 33.8 Å². The van der Waals surface area contributed by atoms with Gasteiger partial charge >= 0.3 is 0 Å². The number of carbonyl (C=O) groups excluding carboxylic acids is 1. The van der Waals surface area contributed by atoms with Crippen molar-refractivity contribution in [2.75, 3.05) is 0 Å². The number of hydrogen-bond acceptors (Lipinski definition) is 2. The van der Waals surface area contributed by atoms with E-state index < -0.39 is 5.92 Å². The van der Waals surface area contributed by atoms with Gasteiger partial charge in [-0.25, -0.2) is 0 Å². The molecule has 0 N–H and O–H groups in total. The lowest BCUT2D eigenvalue weighted by Crippen LogP contribution is -2.36. The van der Waals surface area contributed by atoms with Crippen LogP contribution in [0.25, 0.3) is 0 Å². The number of rotatable bonds is 3. The standard InChI is InChI=1S/C17H19Cl2NO/c1-17(2)8-4-3-5-14(17)16(21)13(10-20)12-7-6-11(18)9-15(12)19/h6-7,9,13-14H,3-5,8H2,1-2H3. The normalized spacial score (nSPS) is 22.3. The lowest BCUT2D eigenvalue weighted by atomic mass is 9.65. The molecule has 0 aromatic heterocycles. The summed E-state index contributed by atoms with van der Waals surface area (Å²) in [5.41, 5.74) is 0.513. The van der Waals surface area contributed by atoms with Gasteiger partial charge in [0.1, 0.15) is 5.92 Å². The summed E-state index contributed by atoms with van der Waals surface area (Å²) in [6.07, 6.45) is 4.08. The van der Waals surface area contributed by atoms with Gasteiger partial charge in [0.05, 0.1) is 6.07 Å². The fourth-order valence-electron chi connectivity index (χ4n) is 3.24. The Bertz CT molecular complexity index is 589. The van der Waals surface area contributed by atoms with E-state index in [1.807, 2.05) is 0 Å². The van der Waals surface area contributed by atoms with Crippen molar-refractivity contribution in [2.24, 2.45) is 11.3 Å². The Morgan fingerprint density at radius 1 is 1.38 bits per heavy atom. The van der Waals surface area contributed by atoms with E-state index in [1.54, 1.807) is 18.2 Å². The molecule has 0 radical (unpaired) electrons. The first-order valence-corrected chi connectivity index (χ1v) is 8.00. The van der Waals surface area contributed by atoms with Crippen molar-refractivity contribution in [1.82, 2.24) is 0 Å². The first-order valence-electron chi connectivity index (χ1n) is 7.25. The Kier molecular flexibility index (Phi) is 4.96. The molecular weight excluding hydrogens is 305 g/mol. The summed E-state index contributed by atoms with van der Waals surface area (Å²) in [6.45, 7) is 4.24. The molecule has 1 aliphatic rings. The molecule has 4 heteroatoms. The highest BCUT2D eigenvalue weighted by atomic mass is 35.5. The Hall–Kier alpha value is -1.04. The van der Waals surface area contributed by atoms with E-state index in [-0.39, 0.29) is 17.1 Å². The quantitative estimate of drug-likeness (QED) is 0.748. The average Bonchev–Trinajstić information content (AvgIpc) is 2.41. The summed E-state index contributed by atoms with van der Waals surface area (Å²) in [7, 11) is 0. The molecule has 1 saturated carbocycles. The summed E-state index contributed by atoms with van der Waals surface area (Å²) < 4.78 is 0. The molecule has 0 spiro atoms. The van der Waals surface area contributed by atoms with Crippen LogP contribution in [-0.2, 0) is 4.79 Å². The molecule has 1 fully saturated rings. The summed E-state index contributed by atoms with van der Waals surface area (Å²) in [4.78, 5) is 12.9. The molecule has 2 unspecified atom stereocenters. The third kappa shape index (κ3) is 3.42. The lowest BCUT2D eigenvalue weighted by Gasteiger charge is -2.38. The molecule has 0 saturated heterocycles. The van der Waals surface area contributed by atoms with Gasteiger partial charge in [-0.15, -0.1) is 0 Å². The predicted octanol–water partition coefficient (Wildman–Crippen LogP) is 5.39. The maximum atomic E-state index is 12.9. The first-order chi connectivity index (χ1) is 9.86. The minimum atomic E-state index is -0.808. The molecule has 2 rings (SSSR count). The molecule has 112 valence electrons. The molecule has 0 aliphatic heterocycles. The SMILES string of the molecule is CC1(C)CCCCC1C(=O)C(C#N)c1ccc(Cl)cc1Cl. The Balaban J connectivity index is 2.33. The average molecular weight is 324 g/mol. The maximum Gasteiger partial charge on any atom is 0.158 e. The summed E-state index contributed by atoms with van der Waals surface area (Å²) in [5.74, 6) is -0.897. The van der Waals surface area contributed by atoms with Gasteiger partial charge in [-0.05, 0) is 36.0 Å². The number of ketones is 1. The smallest absolute Gasteiger partial charge is 0.158 e. The zero-order valence-corrected chi connectivity index (χ0v) is 13.8. The number of hydrogen-bond donors (Lipinski definition) is 0. The minimum absolute atomic E-state index is 0.00794. The van der Waals surface area contributed by atoms with Crippen molar-refractivity contribution in [2.45, 2.75) is 45.4 Å². The number of halogens is 2. The monoisotopic (exact) mass is 323 g/mol. The van der Waals surface area contributed by atoms with Gasteiger partial charge in [-0.1, -0.05) is 56.0 Å². The van der Waals surface area contributed by atoms with Crippen LogP contribution in [0.5, 0.6) is 0 Å². The van der Waals surface area contributed by atoms with Crippen molar-refractivity contribution >= 4 is 29.0 Å². The van der Waals surface area contributed by atoms with Crippen LogP contribution >= 0.6 is 23.2 Å². The topological polar surface area (TPSA) is 40.9 Å². The van der Waals surface area contributed by atoms with Crippen molar-refractivity contribution in [1.29, 1.82) is 5.26 Å². The van der Waals surface area contributed by atoms with Crippen molar-refractivity contribution in [3.63, 3.8) is 0 Å². The Morgan fingerprint density at radius 2 is 2.10 bits per heavy atom. The molecule has 21 heavy (non-hydrogen) atoms. The van der Waals surface area contributed by atoms with Crippen LogP contribution in [0.1, 0.15) is 51.0 Å². The Morgan fingerprint density at radius 3 is 2.67 bits per heavy atom. The summed E-state index contributed by atoms with van der Waals surface area (Å²) in [5, 5.41) is 10.4. The lowest BCUT2D eigenvalue weighted by molar-refractivity contribution is -0.128. The van der Waals surface area contributed by atoms with Gasteiger partial charge in [0.15, 0.2) is 5.78 Å².